The number of amidine groups is 1. The highest BCUT2D eigenvalue weighted by Gasteiger charge is 2.20. The van der Waals surface area contributed by atoms with E-state index in [9.17, 15) is 4.39 Å². The fourth-order valence-electron chi connectivity index (χ4n) is 2.66. The second-order valence-electron chi connectivity index (χ2n) is 5.69. The minimum absolute atomic E-state index is 0.0506. The highest BCUT2D eigenvalue weighted by molar-refractivity contribution is 5.98. The van der Waals surface area contributed by atoms with Crippen LogP contribution in [0.2, 0.25) is 0 Å². The summed E-state index contributed by atoms with van der Waals surface area (Å²) < 4.78 is 13.4. The Morgan fingerprint density at radius 2 is 2.00 bits per heavy atom. The Bertz CT molecular complexity index is 510. The summed E-state index contributed by atoms with van der Waals surface area (Å²) in [5.74, 6) is -0.435. The monoisotopic (exact) mass is 294 g/mol. The third kappa shape index (κ3) is 3.92. The van der Waals surface area contributed by atoms with Crippen molar-refractivity contribution < 1.29 is 9.60 Å². The molecule has 0 aliphatic carbocycles. The van der Waals surface area contributed by atoms with Crippen molar-refractivity contribution in [3.05, 3.63) is 35.1 Å². The van der Waals surface area contributed by atoms with Gasteiger partial charge in [-0.25, -0.2) is 4.39 Å². The van der Waals surface area contributed by atoms with Crippen molar-refractivity contribution in [2.45, 2.75) is 26.4 Å². The minimum Gasteiger partial charge on any atom is -0.409 e. The summed E-state index contributed by atoms with van der Waals surface area (Å²) in [6.07, 6.45) is 0. The van der Waals surface area contributed by atoms with Crippen LogP contribution in [0.25, 0.3) is 0 Å². The predicted molar refractivity (Wildman–Crippen MR) is 80.9 cm³/mol. The van der Waals surface area contributed by atoms with E-state index in [-0.39, 0.29) is 11.7 Å². The normalized spacial score (nSPS) is 18.4. The average Bonchev–Trinajstić information content (AvgIpc) is 2.48. The zero-order valence-electron chi connectivity index (χ0n) is 12.6. The van der Waals surface area contributed by atoms with E-state index in [1.807, 2.05) is 0 Å². The summed E-state index contributed by atoms with van der Waals surface area (Å²) in [5, 5.41) is 11.8. The van der Waals surface area contributed by atoms with E-state index in [1.165, 1.54) is 12.1 Å². The number of piperazine rings is 1. The van der Waals surface area contributed by atoms with Gasteiger partial charge in [0.1, 0.15) is 5.82 Å². The summed E-state index contributed by atoms with van der Waals surface area (Å²) in [6.45, 7) is 9.06. The molecule has 116 valence electrons. The first-order valence-electron chi connectivity index (χ1n) is 7.24. The Hall–Kier alpha value is -1.66. The molecule has 3 N–H and O–H groups in total. The van der Waals surface area contributed by atoms with Gasteiger partial charge in [-0.2, -0.15) is 0 Å². The Labute approximate surface area is 124 Å². The fraction of sp³-hybridized carbons (Fsp3) is 0.533. The molecule has 5 nitrogen and oxygen atoms in total. The lowest BCUT2D eigenvalue weighted by Gasteiger charge is -2.37. The van der Waals surface area contributed by atoms with Gasteiger partial charge in [-0.3, -0.25) is 9.80 Å². The zero-order chi connectivity index (χ0) is 15.4. The van der Waals surface area contributed by atoms with Gasteiger partial charge in [0.05, 0.1) is 0 Å². The third-order valence-corrected chi connectivity index (χ3v) is 3.99. The molecule has 0 saturated carbocycles. The molecule has 0 radical (unpaired) electrons. The molecule has 6 heteroatoms. The molecule has 0 unspecified atom stereocenters. The first-order chi connectivity index (χ1) is 10.0. The van der Waals surface area contributed by atoms with Crippen LogP contribution in [0.5, 0.6) is 0 Å². The largest absolute Gasteiger partial charge is 0.409 e. The van der Waals surface area contributed by atoms with E-state index >= 15 is 0 Å². The molecule has 1 fully saturated rings. The molecule has 0 spiro atoms. The number of hydrogen-bond donors (Lipinski definition) is 2. The summed E-state index contributed by atoms with van der Waals surface area (Å²) in [6, 6.07) is 4.99. The Morgan fingerprint density at radius 3 is 2.57 bits per heavy atom. The first kappa shape index (κ1) is 15.7. The molecule has 0 atom stereocenters. The highest BCUT2D eigenvalue weighted by Crippen LogP contribution is 2.16. The zero-order valence-corrected chi connectivity index (χ0v) is 12.6. The Balaban J connectivity index is 2.07. The summed E-state index contributed by atoms with van der Waals surface area (Å²) in [7, 11) is 0. The van der Waals surface area contributed by atoms with Crippen LogP contribution in [0, 0.1) is 5.82 Å². The van der Waals surface area contributed by atoms with Gasteiger partial charge >= 0.3 is 0 Å². The second-order valence-corrected chi connectivity index (χ2v) is 5.69. The third-order valence-electron chi connectivity index (χ3n) is 3.99. The molecule has 1 heterocycles. The molecular weight excluding hydrogens is 271 g/mol. The number of nitrogens with zero attached hydrogens (tertiary/aromatic N) is 3. The van der Waals surface area contributed by atoms with E-state index < -0.39 is 0 Å². The van der Waals surface area contributed by atoms with Crippen LogP contribution in [0.1, 0.15) is 25.0 Å². The lowest BCUT2D eigenvalue weighted by atomic mass is 10.1. The van der Waals surface area contributed by atoms with Crippen molar-refractivity contribution in [3.8, 4) is 0 Å². The number of nitrogens with two attached hydrogens (primary N) is 1. The SMILES string of the molecule is CC(C)N1CCN(Cc2ccc(F)cc2C(N)=NO)CC1. The fourth-order valence-corrected chi connectivity index (χ4v) is 2.66. The molecule has 1 aliphatic rings. The maximum absolute atomic E-state index is 13.4. The summed E-state index contributed by atoms with van der Waals surface area (Å²) in [4.78, 5) is 4.74. The molecule has 1 saturated heterocycles. The maximum atomic E-state index is 13.4. The van der Waals surface area contributed by atoms with Crippen molar-refractivity contribution in [1.29, 1.82) is 0 Å². The minimum atomic E-state index is -0.384. The second kappa shape index (κ2) is 6.87. The maximum Gasteiger partial charge on any atom is 0.170 e. The van der Waals surface area contributed by atoms with Crippen LogP contribution >= 0.6 is 0 Å². The number of rotatable bonds is 4. The average molecular weight is 294 g/mol. The van der Waals surface area contributed by atoms with E-state index in [0.717, 1.165) is 31.7 Å². The topological polar surface area (TPSA) is 65.1 Å². The van der Waals surface area contributed by atoms with Crippen LogP contribution < -0.4 is 5.73 Å². The van der Waals surface area contributed by atoms with Crippen molar-refractivity contribution in [3.63, 3.8) is 0 Å². The van der Waals surface area contributed by atoms with Crippen LogP contribution in [-0.2, 0) is 6.54 Å². The van der Waals surface area contributed by atoms with Crippen molar-refractivity contribution in [2.75, 3.05) is 26.2 Å². The van der Waals surface area contributed by atoms with Gasteiger partial charge in [0, 0.05) is 44.3 Å². The molecule has 0 aromatic heterocycles. The molecule has 1 aliphatic heterocycles. The highest BCUT2D eigenvalue weighted by atomic mass is 19.1. The number of halogens is 1. The standard InChI is InChI=1S/C15H23FN4O/c1-11(2)20-7-5-19(6-8-20)10-12-3-4-13(16)9-14(12)15(17)18-21/h3-4,9,11,21H,5-8,10H2,1-2H3,(H2,17,18). The first-order valence-corrected chi connectivity index (χ1v) is 7.24. The van der Waals surface area contributed by atoms with E-state index in [4.69, 9.17) is 10.9 Å². The van der Waals surface area contributed by atoms with Crippen LogP contribution in [0.4, 0.5) is 4.39 Å². The van der Waals surface area contributed by atoms with Crippen LogP contribution in [0.15, 0.2) is 23.4 Å². The van der Waals surface area contributed by atoms with Crippen LogP contribution in [0.3, 0.4) is 0 Å². The molecular formula is C15H23FN4O. The quantitative estimate of drug-likeness (QED) is 0.382. The van der Waals surface area contributed by atoms with Gasteiger partial charge in [0.25, 0.3) is 0 Å². The van der Waals surface area contributed by atoms with E-state index in [1.54, 1.807) is 6.07 Å². The molecule has 0 amide bonds. The van der Waals surface area contributed by atoms with Crippen LogP contribution in [-0.4, -0.2) is 53.1 Å². The van der Waals surface area contributed by atoms with Crippen molar-refractivity contribution in [2.24, 2.45) is 10.9 Å². The van der Waals surface area contributed by atoms with Crippen molar-refractivity contribution >= 4 is 5.84 Å². The molecule has 2 rings (SSSR count). The molecule has 1 aromatic rings. The van der Waals surface area contributed by atoms with Gasteiger partial charge in [-0.15, -0.1) is 0 Å². The molecule has 0 bridgehead atoms. The van der Waals surface area contributed by atoms with Gasteiger partial charge in [-0.1, -0.05) is 11.2 Å². The number of hydrogen-bond acceptors (Lipinski definition) is 4. The summed E-state index contributed by atoms with van der Waals surface area (Å²) in [5.41, 5.74) is 6.98. The lowest BCUT2D eigenvalue weighted by Crippen LogP contribution is -2.48. The van der Waals surface area contributed by atoms with Crippen molar-refractivity contribution in [1.82, 2.24) is 9.80 Å². The number of benzene rings is 1. The lowest BCUT2D eigenvalue weighted by molar-refractivity contribution is 0.104. The Kier molecular flexibility index (Phi) is 5.14. The van der Waals surface area contributed by atoms with E-state index in [0.29, 0.717) is 18.2 Å². The predicted octanol–water partition coefficient (Wildman–Crippen LogP) is 1.45. The van der Waals surface area contributed by atoms with E-state index in [2.05, 4.69) is 28.8 Å². The summed E-state index contributed by atoms with van der Waals surface area (Å²) >= 11 is 0. The van der Waals surface area contributed by atoms with Gasteiger partial charge in [0.15, 0.2) is 5.84 Å². The van der Waals surface area contributed by atoms with Gasteiger partial charge < -0.3 is 10.9 Å². The number of oxime groups is 1. The van der Waals surface area contributed by atoms with Gasteiger partial charge in [0.2, 0.25) is 0 Å². The Morgan fingerprint density at radius 1 is 1.33 bits per heavy atom. The van der Waals surface area contributed by atoms with Gasteiger partial charge in [-0.05, 0) is 31.5 Å². The molecule has 21 heavy (non-hydrogen) atoms. The smallest absolute Gasteiger partial charge is 0.170 e. The molecule has 1 aromatic carbocycles.